The minimum absolute atomic E-state index is 0.343. The maximum Gasteiger partial charge on any atom is 0.222 e. The lowest BCUT2D eigenvalue weighted by molar-refractivity contribution is -0.133. The van der Waals surface area contributed by atoms with Gasteiger partial charge in [-0.05, 0) is 69.5 Å². The first-order valence-corrected chi connectivity index (χ1v) is 9.05. The third-order valence-corrected chi connectivity index (χ3v) is 5.65. The number of likely N-dealkylation sites (tertiary alicyclic amines) is 2. The van der Waals surface area contributed by atoms with E-state index in [-0.39, 0.29) is 0 Å². The third-order valence-electron chi connectivity index (χ3n) is 5.65. The first kappa shape index (κ1) is 16.8. The number of amides is 1. The van der Waals surface area contributed by atoms with Crippen molar-refractivity contribution < 1.29 is 4.79 Å². The molecule has 0 aromatic heterocycles. The first-order chi connectivity index (χ1) is 10.0. The topological polar surface area (TPSA) is 23.6 Å². The lowest BCUT2D eigenvalue weighted by Gasteiger charge is -2.47. The second-order valence-electron chi connectivity index (χ2n) is 7.61. The molecule has 122 valence electrons. The van der Waals surface area contributed by atoms with Gasteiger partial charge in [-0.25, -0.2) is 0 Å². The van der Waals surface area contributed by atoms with Crippen molar-refractivity contribution in [2.24, 2.45) is 11.3 Å². The van der Waals surface area contributed by atoms with Crippen LogP contribution in [-0.4, -0.2) is 48.4 Å². The van der Waals surface area contributed by atoms with Crippen LogP contribution in [0, 0.1) is 11.3 Å². The lowest BCUT2D eigenvalue weighted by atomic mass is 9.71. The molecule has 2 aliphatic heterocycles. The fourth-order valence-corrected chi connectivity index (χ4v) is 3.93. The number of rotatable bonds is 5. The molecule has 2 saturated heterocycles. The number of carbonyl (C=O) groups excluding carboxylic acids is 1. The van der Waals surface area contributed by atoms with E-state index in [4.69, 9.17) is 0 Å². The summed E-state index contributed by atoms with van der Waals surface area (Å²) in [5.74, 6) is 1.18. The Morgan fingerprint density at radius 2 is 1.62 bits per heavy atom. The molecule has 0 unspecified atom stereocenters. The zero-order chi connectivity index (χ0) is 15.3. The highest BCUT2D eigenvalue weighted by Gasteiger charge is 2.37. The highest BCUT2D eigenvalue weighted by Crippen LogP contribution is 2.41. The van der Waals surface area contributed by atoms with Crippen LogP contribution in [0.2, 0.25) is 0 Å². The van der Waals surface area contributed by atoms with E-state index >= 15 is 0 Å². The van der Waals surface area contributed by atoms with Gasteiger partial charge < -0.3 is 9.80 Å². The average Bonchev–Trinajstić information content (AvgIpc) is 2.49. The molecule has 1 spiro atoms. The molecular formula is C18H34N2O. The Bertz CT molecular complexity index is 322. The number of hydrogen-bond acceptors (Lipinski definition) is 2. The largest absolute Gasteiger partial charge is 0.343 e. The van der Waals surface area contributed by atoms with E-state index in [9.17, 15) is 4.79 Å². The molecule has 0 atom stereocenters. The van der Waals surface area contributed by atoms with Crippen molar-refractivity contribution in [3.05, 3.63) is 0 Å². The fraction of sp³-hybridized carbons (Fsp3) is 0.944. The van der Waals surface area contributed by atoms with E-state index in [1.54, 1.807) is 0 Å². The summed E-state index contributed by atoms with van der Waals surface area (Å²) in [6, 6.07) is 0. The number of nitrogens with zero attached hydrogens (tertiary/aromatic N) is 2. The molecule has 21 heavy (non-hydrogen) atoms. The van der Waals surface area contributed by atoms with Crippen molar-refractivity contribution in [1.82, 2.24) is 9.80 Å². The molecule has 2 aliphatic rings. The van der Waals surface area contributed by atoms with Crippen LogP contribution < -0.4 is 0 Å². The normalized spacial score (nSPS) is 23.0. The summed E-state index contributed by atoms with van der Waals surface area (Å²) in [6.45, 7) is 12.4. The minimum atomic E-state index is 0.343. The molecule has 1 amide bonds. The second kappa shape index (κ2) is 7.62. The molecule has 0 bridgehead atoms. The van der Waals surface area contributed by atoms with Gasteiger partial charge in [0.1, 0.15) is 0 Å². The molecule has 0 aromatic rings. The van der Waals surface area contributed by atoms with E-state index in [1.807, 2.05) is 6.92 Å². The first-order valence-electron chi connectivity index (χ1n) is 9.05. The summed E-state index contributed by atoms with van der Waals surface area (Å²) in [4.78, 5) is 16.5. The van der Waals surface area contributed by atoms with Crippen LogP contribution >= 0.6 is 0 Å². The van der Waals surface area contributed by atoms with Crippen LogP contribution in [0.15, 0.2) is 0 Å². The number of hydrogen-bond donors (Lipinski definition) is 0. The van der Waals surface area contributed by atoms with Crippen molar-refractivity contribution in [1.29, 1.82) is 0 Å². The van der Waals surface area contributed by atoms with Crippen LogP contribution in [-0.2, 0) is 4.79 Å². The van der Waals surface area contributed by atoms with Crippen LogP contribution in [0.3, 0.4) is 0 Å². The predicted molar refractivity (Wildman–Crippen MR) is 88.3 cm³/mol. The zero-order valence-corrected chi connectivity index (χ0v) is 14.4. The van der Waals surface area contributed by atoms with Gasteiger partial charge in [0.2, 0.25) is 5.91 Å². The Morgan fingerprint density at radius 1 is 1.05 bits per heavy atom. The standard InChI is InChI=1S/C18H34N2O/c1-4-17(21)20-14-9-18(10-15-20)7-12-19(13-8-18)11-5-6-16(2)3/h16H,4-15H2,1-3H3. The smallest absolute Gasteiger partial charge is 0.222 e. The summed E-state index contributed by atoms with van der Waals surface area (Å²) in [6.07, 6.45) is 8.54. The van der Waals surface area contributed by atoms with Gasteiger partial charge in [-0.15, -0.1) is 0 Å². The highest BCUT2D eigenvalue weighted by molar-refractivity contribution is 5.75. The summed E-state index contributed by atoms with van der Waals surface area (Å²) >= 11 is 0. The predicted octanol–water partition coefficient (Wildman–Crippen LogP) is 3.54. The van der Waals surface area contributed by atoms with Crippen molar-refractivity contribution in [3.8, 4) is 0 Å². The SMILES string of the molecule is CCC(=O)N1CCC2(CCN(CCCC(C)C)CC2)CC1. The van der Waals surface area contributed by atoms with Gasteiger partial charge in [0.05, 0.1) is 0 Å². The third kappa shape index (κ3) is 4.70. The number of piperidine rings is 2. The zero-order valence-electron chi connectivity index (χ0n) is 14.4. The van der Waals surface area contributed by atoms with Crippen LogP contribution in [0.25, 0.3) is 0 Å². The molecule has 2 rings (SSSR count). The van der Waals surface area contributed by atoms with Crippen molar-refractivity contribution in [2.75, 3.05) is 32.7 Å². The monoisotopic (exact) mass is 294 g/mol. The molecule has 3 heteroatoms. The Morgan fingerprint density at radius 3 is 2.14 bits per heavy atom. The second-order valence-corrected chi connectivity index (χ2v) is 7.61. The highest BCUT2D eigenvalue weighted by atomic mass is 16.2. The maximum absolute atomic E-state index is 11.8. The van der Waals surface area contributed by atoms with Crippen molar-refractivity contribution in [2.45, 2.75) is 65.7 Å². The van der Waals surface area contributed by atoms with Crippen LogP contribution in [0.4, 0.5) is 0 Å². The average molecular weight is 294 g/mol. The molecule has 2 fully saturated rings. The molecule has 0 aliphatic carbocycles. The molecule has 0 radical (unpaired) electrons. The Kier molecular flexibility index (Phi) is 6.09. The Hall–Kier alpha value is -0.570. The lowest BCUT2D eigenvalue weighted by Crippen LogP contribution is -2.48. The molecule has 0 saturated carbocycles. The van der Waals surface area contributed by atoms with E-state index < -0.39 is 0 Å². The summed E-state index contributed by atoms with van der Waals surface area (Å²) in [5.41, 5.74) is 0.555. The van der Waals surface area contributed by atoms with E-state index in [0.29, 0.717) is 17.7 Å². The van der Waals surface area contributed by atoms with E-state index in [2.05, 4.69) is 23.6 Å². The van der Waals surface area contributed by atoms with Gasteiger partial charge in [0.25, 0.3) is 0 Å². The maximum atomic E-state index is 11.8. The van der Waals surface area contributed by atoms with E-state index in [1.165, 1.54) is 58.2 Å². The summed E-state index contributed by atoms with van der Waals surface area (Å²) in [5, 5.41) is 0. The summed E-state index contributed by atoms with van der Waals surface area (Å²) in [7, 11) is 0. The van der Waals surface area contributed by atoms with E-state index in [0.717, 1.165) is 19.0 Å². The van der Waals surface area contributed by atoms with Gasteiger partial charge in [-0.2, -0.15) is 0 Å². The fourth-order valence-electron chi connectivity index (χ4n) is 3.93. The van der Waals surface area contributed by atoms with Gasteiger partial charge in [0.15, 0.2) is 0 Å². The molecule has 0 N–H and O–H groups in total. The molecule has 0 aromatic carbocycles. The Balaban J connectivity index is 1.70. The summed E-state index contributed by atoms with van der Waals surface area (Å²) < 4.78 is 0. The van der Waals surface area contributed by atoms with Gasteiger partial charge in [-0.3, -0.25) is 4.79 Å². The van der Waals surface area contributed by atoms with Crippen molar-refractivity contribution in [3.63, 3.8) is 0 Å². The van der Waals surface area contributed by atoms with Gasteiger partial charge in [0, 0.05) is 19.5 Å². The van der Waals surface area contributed by atoms with Crippen LogP contribution in [0.5, 0.6) is 0 Å². The van der Waals surface area contributed by atoms with Crippen LogP contribution in [0.1, 0.15) is 65.7 Å². The van der Waals surface area contributed by atoms with Gasteiger partial charge >= 0.3 is 0 Å². The van der Waals surface area contributed by atoms with Gasteiger partial charge in [-0.1, -0.05) is 20.8 Å². The van der Waals surface area contributed by atoms with Crippen molar-refractivity contribution >= 4 is 5.91 Å². The quantitative estimate of drug-likeness (QED) is 0.774. The minimum Gasteiger partial charge on any atom is -0.343 e. The Labute approximate surface area is 131 Å². The molecule has 3 nitrogen and oxygen atoms in total. The number of carbonyl (C=O) groups is 1. The molecular weight excluding hydrogens is 260 g/mol. The molecule has 2 heterocycles.